The van der Waals surface area contributed by atoms with Crippen LogP contribution in [0.5, 0.6) is 0 Å². The Bertz CT molecular complexity index is 869. The first kappa shape index (κ1) is 16.2. The first-order chi connectivity index (χ1) is 11.9. The van der Waals surface area contributed by atoms with E-state index in [4.69, 9.17) is 0 Å². The lowest BCUT2D eigenvalue weighted by Gasteiger charge is -2.07. The second kappa shape index (κ2) is 6.43. The molecule has 0 atom stereocenters. The number of amides is 1. The SMILES string of the molecule is C=C(Nc1nc(C)nc(NC(=O)c2n[nH]c(C)n2)n1)c1n[nH]c(C)n1. The maximum Gasteiger partial charge on any atom is 0.297 e. The smallest absolute Gasteiger partial charge is 0.297 e. The molecule has 0 radical (unpaired) electrons. The zero-order valence-electron chi connectivity index (χ0n) is 13.7. The molecule has 25 heavy (non-hydrogen) atoms. The molecule has 0 bridgehead atoms. The Balaban J connectivity index is 1.76. The molecule has 0 aliphatic heterocycles. The summed E-state index contributed by atoms with van der Waals surface area (Å²) in [5.41, 5.74) is 0.400. The van der Waals surface area contributed by atoms with Gasteiger partial charge in [0.2, 0.25) is 17.7 Å². The summed E-state index contributed by atoms with van der Waals surface area (Å²) in [6, 6.07) is 0. The monoisotopic (exact) mass is 341 g/mol. The molecule has 3 aromatic rings. The van der Waals surface area contributed by atoms with E-state index in [-0.39, 0.29) is 17.7 Å². The number of aromatic amines is 2. The van der Waals surface area contributed by atoms with Crippen molar-refractivity contribution in [3.8, 4) is 0 Å². The lowest BCUT2D eigenvalue weighted by Crippen LogP contribution is -2.17. The highest BCUT2D eigenvalue weighted by atomic mass is 16.2. The zero-order chi connectivity index (χ0) is 18.0. The number of rotatable bonds is 5. The molecule has 1 amide bonds. The Hall–Kier alpha value is -3.70. The van der Waals surface area contributed by atoms with Crippen LogP contribution in [0.4, 0.5) is 11.9 Å². The minimum Gasteiger partial charge on any atom is -0.321 e. The molecule has 128 valence electrons. The maximum atomic E-state index is 12.1. The number of aryl methyl sites for hydroxylation is 3. The van der Waals surface area contributed by atoms with Crippen LogP contribution in [0.2, 0.25) is 0 Å². The Morgan fingerprint density at radius 3 is 1.96 bits per heavy atom. The van der Waals surface area contributed by atoms with Crippen molar-refractivity contribution in [2.24, 2.45) is 0 Å². The molecular weight excluding hydrogens is 326 g/mol. The van der Waals surface area contributed by atoms with Crippen molar-refractivity contribution in [3.05, 3.63) is 35.7 Å². The topological polar surface area (TPSA) is 163 Å². The Morgan fingerprint density at radius 2 is 1.40 bits per heavy atom. The van der Waals surface area contributed by atoms with Crippen LogP contribution < -0.4 is 10.6 Å². The van der Waals surface area contributed by atoms with E-state index in [1.54, 1.807) is 20.8 Å². The van der Waals surface area contributed by atoms with E-state index in [1.165, 1.54) is 0 Å². The average molecular weight is 341 g/mol. The quantitative estimate of drug-likeness (QED) is 0.513. The van der Waals surface area contributed by atoms with E-state index < -0.39 is 5.91 Å². The van der Waals surface area contributed by atoms with Crippen LogP contribution >= 0.6 is 0 Å². The molecule has 0 aliphatic carbocycles. The summed E-state index contributed by atoms with van der Waals surface area (Å²) < 4.78 is 0. The number of carbonyl (C=O) groups is 1. The molecule has 0 unspecified atom stereocenters. The van der Waals surface area contributed by atoms with Crippen LogP contribution in [0, 0.1) is 20.8 Å². The molecule has 3 rings (SSSR count). The second-order valence-corrected chi connectivity index (χ2v) is 5.08. The van der Waals surface area contributed by atoms with Gasteiger partial charge in [0.05, 0.1) is 5.70 Å². The third kappa shape index (κ3) is 3.80. The third-order valence-electron chi connectivity index (χ3n) is 2.90. The Morgan fingerprint density at radius 1 is 0.840 bits per heavy atom. The number of aromatic nitrogens is 9. The van der Waals surface area contributed by atoms with Gasteiger partial charge in [0.15, 0.2) is 5.82 Å². The summed E-state index contributed by atoms with van der Waals surface area (Å²) in [5, 5.41) is 18.5. The van der Waals surface area contributed by atoms with E-state index in [2.05, 4.69) is 62.5 Å². The highest BCUT2D eigenvalue weighted by Crippen LogP contribution is 2.12. The fourth-order valence-corrected chi connectivity index (χ4v) is 1.86. The molecule has 0 spiro atoms. The van der Waals surface area contributed by atoms with Gasteiger partial charge in [0.1, 0.15) is 17.5 Å². The number of nitrogens with zero attached hydrogens (tertiary/aromatic N) is 7. The molecule has 3 aromatic heterocycles. The summed E-state index contributed by atoms with van der Waals surface area (Å²) >= 11 is 0. The van der Waals surface area contributed by atoms with Gasteiger partial charge < -0.3 is 5.32 Å². The lowest BCUT2D eigenvalue weighted by molar-refractivity contribution is 0.101. The van der Waals surface area contributed by atoms with Gasteiger partial charge in [-0.15, -0.1) is 5.10 Å². The van der Waals surface area contributed by atoms with Crippen LogP contribution in [0.3, 0.4) is 0 Å². The highest BCUT2D eigenvalue weighted by molar-refractivity contribution is 6.00. The first-order valence-corrected chi connectivity index (χ1v) is 7.19. The molecule has 0 aliphatic rings. The molecule has 0 aromatic carbocycles. The van der Waals surface area contributed by atoms with Crippen molar-refractivity contribution in [1.29, 1.82) is 0 Å². The number of nitrogens with one attached hydrogen (secondary N) is 4. The largest absolute Gasteiger partial charge is 0.321 e. The van der Waals surface area contributed by atoms with Gasteiger partial charge in [-0.2, -0.15) is 20.1 Å². The molecule has 12 heteroatoms. The van der Waals surface area contributed by atoms with E-state index >= 15 is 0 Å². The highest BCUT2D eigenvalue weighted by Gasteiger charge is 2.15. The predicted octanol–water partition coefficient (Wildman–Crippen LogP) is 0.368. The second-order valence-electron chi connectivity index (χ2n) is 5.08. The van der Waals surface area contributed by atoms with Crippen molar-refractivity contribution in [2.75, 3.05) is 10.6 Å². The normalized spacial score (nSPS) is 10.5. The molecule has 0 fully saturated rings. The van der Waals surface area contributed by atoms with Gasteiger partial charge in [0, 0.05) is 0 Å². The first-order valence-electron chi connectivity index (χ1n) is 7.19. The van der Waals surface area contributed by atoms with Crippen LogP contribution in [-0.4, -0.2) is 51.2 Å². The van der Waals surface area contributed by atoms with Crippen molar-refractivity contribution >= 4 is 23.5 Å². The minimum absolute atomic E-state index is 0.00863. The van der Waals surface area contributed by atoms with E-state index in [9.17, 15) is 4.79 Å². The van der Waals surface area contributed by atoms with Gasteiger partial charge in [-0.25, -0.2) is 9.97 Å². The predicted molar refractivity (Wildman–Crippen MR) is 87.4 cm³/mol. The molecule has 0 saturated heterocycles. The number of hydrogen-bond donors (Lipinski definition) is 4. The zero-order valence-corrected chi connectivity index (χ0v) is 13.7. The average Bonchev–Trinajstić information content (AvgIpc) is 3.15. The van der Waals surface area contributed by atoms with Crippen LogP contribution in [0.25, 0.3) is 5.70 Å². The summed E-state index contributed by atoms with van der Waals surface area (Å²) in [5.74, 6) is 1.67. The summed E-state index contributed by atoms with van der Waals surface area (Å²) in [6.45, 7) is 8.96. The van der Waals surface area contributed by atoms with E-state index in [0.29, 0.717) is 29.0 Å². The molecule has 12 nitrogen and oxygen atoms in total. The maximum absolute atomic E-state index is 12.1. The van der Waals surface area contributed by atoms with Crippen LogP contribution in [-0.2, 0) is 0 Å². The fraction of sp³-hybridized carbons (Fsp3) is 0.231. The number of anilines is 2. The van der Waals surface area contributed by atoms with Crippen molar-refractivity contribution in [2.45, 2.75) is 20.8 Å². The molecule has 4 N–H and O–H groups in total. The lowest BCUT2D eigenvalue weighted by atomic mass is 10.4. The summed E-state index contributed by atoms with van der Waals surface area (Å²) in [4.78, 5) is 32.5. The van der Waals surface area contributed by atoms with Crippen LogP contribution in [0.1, 0.15) is 33.9 Å². The van der Waals surface area contributed by atoms with Crippen molar-refractivity contribution in [1.82, 2.24) is 45.3 Å². The van der Waals surface area contributed by atoms with Gasteiger partial charge >= 0.3 is 0 Å². The van der Waals surface area contributed by atoms with Crippen LogP contribution in [0.15, 0.2) is 6.58 Å². The number of hydrogen-bond acceptors (Lipinski definition) is 9. The van der Waals surface area contributed by atoms with Gasteiger partial charge in [-0.05, 0) is 20.8 Å². The van der Waals surface area contributed by atoms with E-state index in [1.807, 2.05) is 0 Å². The summed E-state index contributed by atoms with van der Waals surface area (Å²) in [6.07, 6.45) is 0. The number of carbonyl (C=O) groups excluding carboxylic acids is 1. The molecular formula is C13H15N11O. The van der Waals surface area contributed by atoms with Gasteiger partial charge in [0.25, 0.3) is 5.91 Å². The Labute approximate surface area is 141 Å². The molecule has 0 saturated carbocycles. The van der Waals surface area contributed by atoms with Crippen molar-refractivity contribution < 1.29 is 4.79 Å². The molecule has 3 heterocycles. The standard InChI is InChI=1S/C13H15N11O/c1-5(9-15-7(3)21-23-9)14-12-17-6(2)18-13(20-12)19-11(25)10-16-8(4)22-24-10/h1H2,2-4H3,(H,15,21,23)(H,16,22,24)(H2,14,17,18,19,20,25). The van der Waals surface area contributed by atoms with Crippen molar-refractivity contribution in [3.63, 3.8) is 0 Å². The minimum atomic E-state index is -0.538. The third-order valence-corrected chi connectivity index (χ3v) is 2.90. The van der Waals surface area contributed by atoms with E-state index in [0.717, 1.165) is 0 Å². The number of H-pyrrole nitrogens is 2. The summed E-state index contributed by atoms with van der Waals surface area (Å²) in [7, 11) is 0. The Kier molecular flexibility index (Phi) is 4.16. The van der Waals surface area contributed by atoms with Gasteiger partial charge in [-0.3, -0.25) is 20.3 Å². The fourth-order valence-electron chi connectivity index (χ4n) is 1.86. The van der Waals surface area contributed by atoms with Gasteiger partial charge in [-0.1, -0.05) is 6.58 Å².